The number of nitrogens with one attached hydrogen (secondary N) is 1. The van der Waals surface area contributed by atoms with Crippen molar-refractivity contribution < 1.29 is 18.3 Å². The van der Waals surface area contributed by atoms with E-state index in [4.69, 9.17) is 10.4 Å². The second-order valence-electron chi connectivity index (χ2n) is 4.52. The number of sulfonamides is 1. The molecule has 1 aromatic rings. The molecule has 0 heterocycles. The molecule has 0 saturated carbocycles. The molecule has 6 nitrogen and oxygen atoms in total. The Hall–Kier alpha value is -1.91. The summed E-state index contributed by atoms with van der Waals surface area (Å²) >= 11 is 0. The van der Waals surface area contributed by atoms with Crippen molar-refractivity contribution in [2.75, 3.05) is 6.54 Å². The molecule has 0 saturated heterocycles. The monoisotopic (exact) mass is 296 g/mol. The molecule has 1 aromatic carbocycles. The second kappa shape index (κ2) is 6.50. The van der Waals surface area contributed by atoms with Crippen molar-refractivity contribution in [3.8, 4) is 6.07 Å². The number of hydrogen-bond donors (Lipinski definition) is 2. The van der Waals surface area contributed by atoms with Crippen LogP contribution in [-0.4, -0.2) is 26.0 Å². The lowest BCUT2D eigenvalue weighted by molar-refractivity contribution is -0.141. The van der Waals surface area contributed by atoms with Crippen LogP contribution in [0.15, 0.2) is 23.1 Å². The normalized spacial score (nSPS) is 12.7. The van der Waals surface area contributed by atoms with Crippen LogP contribution in [0.25, 0.3) is 0 Å². The van der Waals surface area contributed by atoms with E-state index in [0.29, 0.717) is 5.56 Å². The van der Waals surface area contributed by atoms with Gasteiger partial charge in [-0.05, 0) is 31.0 Å². The molecule has 108 valence electrons. The number of carboxylic acids is 1. The minimum atomic E-state index is -3.74. The van der Waals surface area contributed by atoms with Crippen LogP contribution in [0.4, 0.5) is 0 Å². The van der Waals surface area contributed by atoms with E-state index >= 15 is 0 Å². The Labute approximate surface area is 118 Å². The molecular formula is C13H16N2O4S. The van der Waals surface area contributed by atoms with Crippen molar-refractivity contribution >= 4 is 16.0 Å². The van der Waals surface area contributed by atoms with E-state index in [9.17, 15) is 13.2 Å². The molecule has 1 unspecified atom stereocenters. The van der Waals surface area contributed by atoms with E-state index < -0.39 is 21.9 Å². The fourth-order valence-electron chi connectivity index (χ4n) is 1.57. The maximum atomic E-state index is 12.1. The Morgan fingerprint density at radius 2 is 2.15 bits per heavy atom. The Morgan fingerprint density at radius 3 is 2.70 bits per heavy atom. The summed E-state index contributed by atoms with van der Waals surface area (Å²) in [6.07, 6.45) is 0.200. The van der Waals surface area contributed by atoms with Crippen LogP contribution in [0.1, 0.15) is 24.5 Å². The standard InChI is InChI=1S/C13H16N2O4S/c1-9-3-4-11(8-14)7-12(9)20(18,19)15-6-5-10(2)13(16)17/h3-4,7,10,15H,5-6H2,1-2H3,(H,16,17). The largest absolute Gasteiger partial charge is 0.481 e. The highest BCUT2D eigenvalue weighted by Crippen LogP contribution is 2.16. The average Bonchev–Trinajstić information content (AvgIpc) is 2.38. The summed E-state index contributed by atoms with van der Waals surface area (Å²) in [6.45, 7) is 3.18. The van der Waals surface area contributed by atoms with E-state index in [0.717, 1.165) is 0 Å². The first-order valence-corrected chi connectivity index (χ1v) is 7.49. The minimum absolute atomic E-state index is 0.0338. The molecule has 0 aliphatic heterocycles. The third-order valence-electron chi connectivity index (χ3n) is 2.90. The van der Waals surface area contributed by atoms with Crippen LogP contribution in [0.3, 0.4) is 0 Å². The molecule has 20 heavy (non-hydrogen) atoms. The Kier molecular flexibility index (Phi) is 5.25. The summed E-state index contributed by atoms with van der Waals surface area (Å²) in [5, 5.41) is 17.5. The van der Waals surface area contributed by atoms with Gasteiger partial charge in [0.25, 0.3) is 0 Å². The van der Waals surface area contributed by atoms with Gasteiger partial charge in [-0.3, -0.25) is 4.79 Å². The summed E-state index contributed by atoms with van der Waals surface area (Å²) in [6, 6.07) is 6.29. The van der Waals surface area contributed by atoms with Gasteiger partial charge in [0.1, 0.15) is 0 Å². The van der Waals surface area contributed by atoms with E-state index in [1.54, 1.807) is 19.1 Å². The van der Waals surface area contributed by atoms with E-state index in [2.05, 4.69) is 4.72 Å². The summed E-state index contributed by atoms with van der Waals surface area (Å²) in [5.41, 5.74) is 0.790. The fourth-order valence-corrected chi connectivity index (χ4v) is 2.89. The molecule has 0 aliphatic carbocycles. The molecule has 7 heteroatoms. The van der Waals surface area contributed by atoms with Crippen LogP contribution >= 0.6 is 0 Å². The Morgan fingerprint density at radius 1 is 1.50 bits per heavy atom. The molecule has 0 spiro atoms. The molecule has 1 rings (SSSR count). The molecular weight excluding hydrogens is 280 g/mol. The van der Waals surface area contributed by atoms with Gasteiger partial charge in [0.2, 0.25) is 10.0 Å². The Bertz CT molecular complexity index is 647. The third-order valence-corrected chi connectivity index (χ3v) is 4.50. The number of nitriles is 1. The predicted molar refractivity (Wildman–Crippen MR) is 72.5 cm³/mol. The SMILES string of the molecule is Cc1ccc(C#N)cc1S(=O)(=O)NCCC(C)C(=O)O. The molecule has 2 N–H and O–H groups in total. The zero-order valence-electron chi connectivity index (χ0n) is 11.3. The van der Waals surface area contributed by atoms with Gasteiger partial charge in [0.05, 0.1) is 22.4 Å². The first-order chi connectivity index (χ1) is 9.27. The molecule has 0 radical (unpaired) electrons. The quantitative estimate of drug-likeness (QED) is 0.821. The number of rotatable bonds is 6. The minimum Gasteiger partial charge on any atom is -0.481 e. The third kappa shape index (κ3) is 4.05. The number of hydrogen-bond acceptors (Lipinski definition) is 4. The van der Waals surface area contributed by atoms with Crippen molar-refractivity contribution in [2.45, 2.75) is 25.2 Å². The number of carboxylic acid groups (broad SMARTS) is 1. The van der Waals surface area contributed by atoms with Gasteiger partial charge in [0.15, 0.2) is 0 Å². The number of carbonyl (C=O) groups is 1. The summed E-state index contributed by atoms with van der Waals surface area (Å²) < 4.78 is 26.6. The number of benzene rings is 1. The van der Waals surface area contributed by atoms with Gasteiger partial charge in [-0.1, -0.05) is 13.0 Å². The van der Waals surface area contributed by atoms with E-state index in [-0.39, 0.29) is 23.4 Å². The zero-order chi connectivity index (χ0) is 15.3. The molecule has 0 fully saturated rings. The molecule has 0 aromatic heterocycles. The summed E-state index contributed by atoms with van der Waals surface area (Å²) in [5.74, 6) is -1.59. The van der Waals surface area contributed by atoms with Gasteiger partial charge in [-0.2, -0.15) is 5.26 Å². The zero-order valence-corrected chi connectivity index (χ0v) is 12.1. The van der Waals surface area contributed by atoms with Crippen LogP contribution in [0, 0.1) is 24.2 Å². The van der Waals surface area contributed by atoms with Crippen molar-refractivity contribution in [1.82, 2.24) is 4.72 Å². The number of nitrogens with zero attached hydrogens (tertiary/aromatic N) is 1. The molecule has 0 amide bonds. The predicted octanol–water partition coefficient (Wildman–Crippen LogP) is 1.26. The van der Waals surface area contributed by atoms with Crippen molar-refractivity contribution in [3.05, 3.63) is 29.3 Å². The smallest absolute Gasteiger partial charge is 0.306 e. The highest BCUT2D eigenvalue weighted by atomic mass is 32.2. The number of aryl methyl sites for hydroxylation is 1. The second-order valence-corrected chi connectivity index (χ2v) is 6.25. The Balaban J connectivity index is 2.85. The van der Waals surface area contributed by atoms with Crippen LogP contribution < -0.4 is 4.72 Å². The fraction of sp³-hybridized carbons (Fsp3) is 0.385. The van der Waals surface area contributed by atoms with Gasteiger partial charge in [0, 0.05) is 6.54 Å². The lowest BCUT2D eigenvalue weighted by atomic mass is 10.1. The van der Waals surface area contributed by atoms with Gasteiger partial charge >= 0.3 is 5.97 Å². The van der Waals surface area contributed by atoms with Crippen molar-refractivity contribution in [1.29, 1.82) is 5.26 Å². The number of aliphatic carboxylic acids is 1. The maximum absolute atomic E-state index is 12.1. The highest BCUT2D eigenvalue weighted by molar-refractivity contribution is 7.89. The van der Waals surface area contributed by atoms with E-state index in [1.807, 2.05) is 6.07 Å². The lowest BCUT2D eigenvalue weighted by Crippen LogP contribution is -2.27. The van der Waals surface area contributed by atoms with Gasteiger partial charge in [-0.25, -0.2) is 13.1 Å². The maximum Gasteiger partial charge on any atom is 0.306 e. The molecule has 0 bridgehead atoms. The van der Waals surface area contributed by atoms with Crippen molar-refractivity contribution in [3.63, 3.8) is 0 Å². The van der Waals surface area contributed by atoms with E-state index in [1.165, 1.54) is 13.0 Å². The lowest BCUT2D eigenvalue weighted by Gasteiger charge is -2.11. The first-order valence-electron chi connectivity index (χ1n) is 6.01. The highest BCUT2D eigenvalue weighted by Gasteiger charge is 2.18. The van der Waals surface area contributed by atoms with Gasteiger partial charge in [-0.15, -0.1) is 0 Å². The van der Waals surface area contributed by atoms with Crippen LogP contribution in [-0.2, 0) is 14.8 Å². The van der Waals surface area contributed by atoms with Crippen LogP contribution in [0.2, 0.25) is 0 Å². The summed E-state index contributed by atoms with van der Waals surface area (Å²) in [4.78, 5) is 10.7. The molecule has 1 atom stereocenters. The van der Waals surface area contributed by atoms with Gasteiger partial charge < -0.3 is 5.11 Å². The molecule has 0 aliphatic rings. The van der Waals surface area contributed by atoms with Crippen molar-refractivity contribution in [2.24, 2.45) is 5.92 Å². The average molecular weight is 296 g/mol. The topological polar surface area (TPSA) is 107 Å². The van der Waals surface area contributed by atoms with Crippen LogP contribution in [0.5, 0.6) is 0 Å². The first kappa shape index (κ1) is 16.1. The summed E-state index contributed by atoms with van der Waals surface area (Å²) in [7, 11) is -3.74.